The topological polar surface area (TPSA) is 0 Å². The molecule has 0 amide bonds. The number of hydrogen-bond donors (Lipinski definition) is 0. The van der Waals surface area contributed by atoms with Crippen LogP contribution in [0.15, 0.2) is 54.6 Å². The van der Waals surface area contributed by atoms with Crippen molar-refractivity contribution >= 4 is 34.8 Å². The predicted molar refractivity (Wildman–Crippen MR) is 155 cm³/mol. The molecular formula is C31H39Cl3F2. The first-order valence-electron chi connectivity index (χ1n) is 11.9. The molecule has 0 atom stereocenters. The zero-order valence-corrected chi connectivity index (χ0v) is 25.4. The van der Waals surface area contributed by atoms with E-state index in [4.69, 9.17) is 34.8 Å². The fourth-order valence-corrected chi connectivity index (χ4v) is 5.48. The lowest BCUT2D eigenvalue weighted by atomic mass is 9.84. The van der Waals surface area contributed by atoms with Gasteiger partial charge in [0, 0.05) is 20.6 Å². The van der Waals surface area contributed by atoms with Crippen molar-refractivity contribution < 1.29 is 8.78 Å². The minimum absolute atomic E-state index is 0.00935. The number of halogens is 5. The maximum absolute atomic E-state index is 13.1. The summed E-state index contributed by atoms with van der Waals surface area (Å²) in [6.45, 7) is 20.3. The standard InChI is InChI=1S/C11H15Cl.C10H12Cl2.C10H12F2/c1-8-6-5-7-9(12)10(8)11(2,3)4;2*1-10(2,3)9-7(11)5-4-6-8(9)12/h5-7H,1-4H3;2*4-6H,1-3H3. The Morgan fingerprint density at radius 1 is 0.472 bits per heavy atom. The van der Waals surface area contributed by atoms with E-state index in [0.717, 1.165) is 20.6 Å². The van der Waals surface area contributed by atoms with Gasteiger partial charge in [-0.25, -0.2) is 8.78 Å². The Morgan fingerprint density at radius 3 is 1.03 bits per heavy atom. The largest absolute Gasteiger partial charge is 0.207 e. The summed E-state index contributed by atoms with van der Waals surface area (Å²) >= 11 is 18.2. The van der Waals surface area contributed by atoms with Gasteiger partial charge >= 0.3 is 0 Å². The van der Waals surface area contributed by atoms with E-state index in [1.54, 1.807) is 20.8 Å². The van der Waals surface area contributed by atoms with Crippen molar-refractivity contribution in [2.75, 3.05) is 0 Å². The fraction of sp³-hybridized carbons (Fsp3) is 0.419. The molecule has 0 N–H and O–H groups in total. The van der Waals surface area contributed by atoms with Gasteiger partial charge in [0.25, 0.3) is 0 Å². The zero-order chi connectivity index (χ0) is 28.1. The van der Waals surface area contributed by atoms with Crippen LogP contribution in [0.1, 0.15) is 84.6 Å². The van der Waals surface area contributed by atoms with Crippen LogP contribution in [0.4, 0.5) is 8.78 Å². The first-order valence-corrected chi connectivity index (χ1v) is 13.1. The van der Waals surface area contributed by atoms with E-state index in [-0.39, 0.29) is 16.4 Å². The van der Waals surface area contributed by atoms with Crippen LogP contribution in [0.2, 0.25) is 15.1 Å². The highest BCUT2D eigenvalue weighted by atomic mass is 35.5. The average Bonchev–Trinajstić information content (AvgIpc) is 2.65. The van der Waals surface area contributed by atoms with Gasteiger partial charge in [-0.2, -0.15) is 0 Å². The Balaban J connectivity index is 0.000000270. The third-order valence-electron chi connectivity index (χ3n) is 5.40. The minimum atomic E-state index is -0.477. The lowest BCUT2D eigenvalue weighted by molar-refractivity contribution is 0.475. The highest BCUT2D eigenvalue weighted by Gasteiger charge is 2.22. The first-order chi connectivity index (χ1) is 16.3. The molecule has 0 fully saturated rings. The molecule has 0 aliphatic carbocycles. The summed E-state index contributed by atoms with van der Waals surface area (Å²) in [6, 6.07) is 15.6. The molecule has 0 spiro atoms. The van der Waals surface area contributed by atoms with E-state index in [1.807, 2.05) is 30.3 Å². The van der Waals surface area contributed by atoms with Crippen LogP contribution in [0.5, 0.6) is 0 Å². The molecule has 0 heterocycles. The number of rotatable bonds is 0. The highest BCUT2D eigenvalue weighted by molar-refractivity contribution is 6.36. The molecule has 3 aromatic rings. The van der Waals surface area contributed by atoms with E-state index in [2.05, 4.69) is 54.5 Å². The Hall–Kier alpha value is -1.61. The van der Waals surface area contributed by atoms with Gasteiger partial charge in [-0.1, -0.05) is 121 Å². The molecule has 0 aliphatic rings. The van der Waals surface area contributed by atoms with Gasteiger partial charge in [-0.05, 0) is 70.2 Å². The number of hydrogen-bond acceptors (Lipinski definition) is 0. The van der Waals surface area contributed by atoms with Gasteiger partial charge in [-0.3, -0.25) is 0 Å². The molecule has 0 saturated carbocycles. The van der Waals surface area contributed by atoms with Crippen molar-refractivity contribution in [1.29, 1.82) is 0 Å². The smallest absolute Gasteiger partial charge is 0.129 e. The second-order valence-electron chi connectivity index (χ2n) is 11.9. The summed E-state index contributed by atoms with van der Waals surface area (Å²) < 4.78 is 26.2. The van der Waals surface area contributed by atoms with Crippen LogP contribution in [0.3, 0.4) is 0 Å². The van der Waals surface area contributed by atoms with Crippen molar-refractivity contribution in [2.24, 2.45) is 0 Å². The zero-order valence-electron chi connectivity index (χ0n) is 23.1. The van der Waals surface area contributed by atoms with Gasteiger partial charge in [-0.15, -0.1) is 0 Å². The summed E-state index contributed by atoms with van der Waals surface area (Å²) in [7, 11) is 0. The van der Waals surface area contributed by atoms with Crippen LogP contribution < -0.4 is 0 Å². The molecule has 0 nitrogen and oxygen atoms in total. The second-order valence-corrected chi connectivity index (χ2v) is 13.1. The minimum Gasteiger partial charge on any atom is -0.207 e. The molecule has 198 valence electrons. The van der Waals surface area contributed by atoms with Gasteiger partial charge in [0.1, 0.15) is 11.6 Å². The van der Waals surface area contributed by atoms with Crippen molar-refractivity contribution in [3.8, 4) is 0 Å². The summed E-state index contributed by atoms with van der Waals surface area (Å²) in [6.07, 6.45) is 0. The Bertz CT molecular complexity index is 941. The van der Waals surface area contributed by atoms with Crippen molar-refractivity contribution in [3.63, 3.8) is 0 Å². The Labute approximate surface area is 232 Å². The summed E-state index contributed by atoms with van der Waals surface area (Å²) in [4.78, 5) is 0. The number of benzene rings is 3. The lowest BCUT2D eigenvalue weighted by Crippen LogP contribution is -2.15. The van der Waals surface area contributed by atoms with Gasteiger partial charge in [0.2, 0.25) is 0 Å². The van der Waals surface area contributed by atoms with Crippen LogP contribution >= 0.6 is 34.8 Å². The third-order valence-corrected chi connectivity index (χ3v) is 6.34. The fourth-order valence-electron chi connectivity index (χ4n) is 4.01. The normalized spacial score (nSPS) is 11.8. The summed E-state index contributed by atoms with van der Waals surface area (Å²) in [5, 5.41) is 2.37. The van der Waals surface area contributed by atoms with E-state index in [9.17, 15) is 8.78 Å². The Kier molecular flexibility index (Phi) is 11.5. The SMILES string of the molecule is CC(C)(C)c1c(Cl)cccc1Cl.CC(C)(C)c1c(F)cccc1F.Cc1cccc(Cl)c1C(C)(C)C. The quantitative estimate of drug-likeness (QED) is 0.259. The molecule has 0 saturated heterocycles. The second kappa shape index (κ2) is 12.8. The molecule has 3 aromatic carbocycles. The lowest BCUT2D eigenvalue weighted by Gasteiger charge is -2.22. The molecule has 0 bridgehead atoms. The summed E-state index contributed by atoms with van der Waals surface area (Å²) in [5.41, 5.74) is 3.38. The van der Waals surface area contributed by atoms with Gasteiger partial charge in [0.15, 0.2) is 0 Å². The van der Waals surface area contributed by atoms with E-state index >= 15 is 0 Å². The van der Waals surface area contributed by atoms with Crippen molar-refractivity contribution in [3.05, 3.63) is 104 Å². The molecule has 0 radical (unpaired) electrons. The maximum Gasteiger partial charge on any atom is 0.129 e. The third kappa shape index (κ3) is 9.36. The average molecular weight is 556 g/mol. The molecule has 3 rings (SSSR count). The first kappa shape index (κ1) is 32.4. The van der Waals surface area contributed by atoms with E-state index in [0.29, 0.717) is 0 Å². The monoisotopic (exact) mass is 554 g/mol. The molecule has 36 heavy (non-hydrogen) atoms. The molecule has 0 unspecified atom stereocenters. The van der Waals surface area contributed by atoms with E-state index < -0.39 is 17.0 Å². The highest BCUT2D eigenvalue weighted by Crippen LogP contribution is 2.35. The van der Waals surface area contributed by atoms with Crippen LogP contribution in [-0.4, -0.2) is 0 Å². The van der Waals surface area contributed by atoms with Crippen molar-refractivity contribution in [2.45, 2.75) is 85.5 Å². The van der Waals surface area contributed by atoms with Gasteiger partial charge in [0.05, 0.1) is 0 Å². The van der Waals surface area contributed by atoms with Crippen molar-refractivity contribution in [1.82, 2.24) is 0 Å². The number of aryl methyl sites for hydroxylation is 1. The summed E-state index contributed by atoms with van der Waals surface area (Å²) in [5.74, 6) is -0.940. The molecular weight excluding hydrogens is 517 g/mol. The van der Waals surface area contributed by atoms with Crippen LogP contribution in [-0.2, 0) is 16.2 Å². The van der Waals surface area contributed by atoms with Crippen LogP contribution in [0.25, 0.3) is 0 Å². The van der Waals surface area contributed by atoms with Crippen LogP contribution in [0, 0.1) is 18.6 Å². The van der Waals surface area contributed by atoms with E-state index in [1.165, 1.54) is 29.3 Å². The molecule has 0 aliphatic heterocycles. The van der Waals surface area contributed by atoms with Gasteiger partial charge < -0.3 is 0 Å². The molecule has 5 heteroatoms. The molecule has 0 aromatic heterocycles. The Morgan fingerprint density at radius 2 is 0.778 bits per heavy atom. The predicted octanol–water partition coefficient (Wildman–Crippen LogP) is 11.5. The maximum atomic E-state index is 13.1.